The van der Waals surface area contributed by atoms with E-state index in [0.717, 1.165) is 47.0 Å². The topological polar surface area (TPSA) is 54.7 Å². The van der Waals surface area contributed by atoms with E-state index in [2.05, 4.69) is 37.3 Å². The van der Waals surface area contributed by atoms with Gasteiger partial charge in [-0.15, -0.1) is 0 Å². The van der Waals surface area contributed by atoms with E-state index in [9.17, 15) is 5.26 Å². The molecular formula is C13H14BrN5. The third-order valence-electron chi connectivity index (χ3n) is 3.37. The van der Waals surface area contributed by atoms with Gasteiger partial charge in [-0.05, 0) is 18.2 Å². The SMILES string of the molecule is N#CN1CN=c2ccc(Br)cc2=C1N1CCNCC1. The molecule has 1 aromatic rings. The molecule has 19 heavy (non-hydrogen) atoms. The fourth-order valence-corrected chi connectivity index (χ4v) is 2.84. The highest BCUT2D eigenvalue weighted by Crippen LogP contribution is 2.13. The predicted molar refractivity (Wildman–Crippen MR) is 75.1 cm³/mol. The van der Waals surface area contributed by atoms with Crippen molar-refractivity contribution in [2.45, 2.75) is 0 Å². The van der Waals surface area contributed by atoms with Crippen LogP contribution in [-0.4, -0.2) is 42.6 Å². The summed E-state index contributed by atoms with van der Waals surface area (Å²) in [7, 11) is 0. The molecule has 1 fully saturated rings. The molecule has 0 saturated carbocycles. The number of piperazine rings is 1. The lowest BCUT2D eigenvalue weighted by Crippen LogP contribution is -2.51. The molecule has 0 bridgehead atoms. The Morgan fingerprint density at radius 1 is 1.32 bits per heavy atom. The van der Waals surface area contributed by atoms with E-state index in [1.807, 2.05) is 18.2 Å². The first kappa shape index (κ1) is 12.5. The van der Waals surface area contributed by atoms with Gasteiger partial charge in [0.15, 0.2) is 6.19 Å². The molecule has 1 N–H and O–H groups in total. The number of hydrogen-bond donors (Lipinski definition) is 1. The highest BCUT2D eigenvalue weighted by molar-refractivity contribution is 9.10. The maximum Gasteiger partial charge on any atom is 0.187 e. The summed E-state index contributed by atoms with van der Waals surface area (Å²) in [5, 5.41) is 14.7. The number of rotatable bonds is 1. The Hall–Kier alpha value is -1.58. The van der Waals surface area contributed by atoms with E-state index in [4.69, 9.17) is 0 Å². The van der Waals surface area contributed by atoms with Crippen LogP contribution >= 0.6 is 15.9 Å². The fourth-order valence-electron chi connectivity index (χ4n) is 2.48. The second-order valence-electron chi connectivity index (χ2n) is 4.55. The molecule has 0 aromatic heterocycles. The molecule has 1 saturated heterocycles. The first-order chi connectivity index (χ1) is 9.29. The largest absolute Gasteiger partial charge is 0.354 e. The second-order valence-corrected chi connectivity index (χ2v) is 5.47. The summed E-state index contributed by atoms with van der Waals surface area (Å²) in [5.74, 6) is 0.982. The minimum atomic E-state index is 0.407. The van der Waals surface area contributed by atoms with Crippen LogP contribution in [0.2, 0.25) is 0 Å². The van der Waals surface area contributed by atoms with Gasteiger partial charge in [-0.2, -0.15) is 5.26 Å². The van der Waals surface area contributed by atoms with Gasteiger partial charge in [-0.3, -0.25) is 4.99 Å². The lowest BCUT2D eigenvalue weighted by Gasteiger charge is -2.35. The zero-order valence-corrected chi connectivity index (χ0v) is 12.0. The molecule has 3 rings (SSSR count). The molecule has 98 valence electrons. The fraction of sp³-hybridized carbons (Fsp3) is 0.385. The number of hydrogen-bond acceptors (Lipinski definition) is 5. The van der Waals surface area contributed by atoms with Gasteiger partial charge in [-0.1, -0.05) is 15.9 Å². The molecule has 0 radical (unpaired) electrons. The minimum absolute atomic E-state index is 0.407. The van der Waals surface area contributed by atoms with E-state index in [0.29, 0.717) is 6.67 Å². The summed E-state index contributed by atoms with van der Waals surface area (Å²) in [5.41, 5.74) is 0. The lowest BCUT2D eigenvalue weighted by atomic mass is 10.2. The highest BCUT2D eigenvalue weighted by Gasteiger charge is 2.22. The van der Waals surface area contributed by atoms with Gasteiger partial charge in [0.2, 0.25) is 0 Å². The lowest BCUT2D eigenvalue weighted by molar-refractivity contribution is 0.287. The zero-order valence-electron chi connectivity index (χ0n) is 10.4. The summed E-state index contributed by atoms with van der Waals surface area (Å²) in [6, 6.07) is 6.02. The Kier molecular flexibility index (Phi) is 3.40. The van der Waals surface area contributed by atoms with Crippen molar-refractivity contribution in [2.75, 3.05) is 32.8 Å². The van der Waals surface area contributed by atoms with Crippen LogP contribution in [0.15, 0.2) is 27.7 Å². The van der Waals surface area contributed by atoms with Crippen LogP contribution in [0.3, 0.4) is 0 Å². The van der Waals surface area contributed by atoms with Crippen LogP contribution in [0.5, 0.6) is 0 Å². The molecule has 6 heteroatoms. The highest BCUT2D eigenvalue weighted by atomic mass is 79.9. The second kappa shape index (κ2) is 5.19. The molecule has 5 nitrogen and oxygen atoms in total. The molecule has 0 aliphatic carbocycles. The summed E-state index contributed by atoms with van der Waals surface area (Å²) in [6.07, 6.45) is 2.24. The van der Waals surface area contributed by atoms with Crippen LogP contribution < -0.4 is 15.9 Å². The summed E-state index contributed by atoms with van der Waals surface area (Å²) in [6.45, 7) is 4.13. The van der Waals surface area contributed by atoms with E-state index >= 15 is 0 Å². The first-order valence-electron chi connectivity index (χ1n) is 6.27. The van der Waals surface area contributed by atoms with Crippen LogP contribution in [0.25, 0.3) is 5.82 Å². The summed E-state index contributed by atoms with van der Waals surface area (Å²) in [4.78, 5) is 8.38. The smallest absolute Gasteiger partial charge is 0.187 e. The summed E-state index contributed by atoms with van der Waals surface area (Å²) < 4.78 is 1.01. The molecule has 2 aliphatic heterocycles. The standard InChI is InChI=1S/C13H14BrN5/c14-10-1-2-12-11(7-10)13(19(8-15)9-17-12)18-5-3-16-4-6-18/h1-2,7,16H,3-6,9H2. The number of nitriles is 1. The molecule has 0 atom stereocenters. The average Bonchev–Trinajstić information content (AvgIpc) is 2.46. The third-order valence-corrected chi connectivity index (χ3v) is 3.87. The van der Waals surface area contributed by atoms with Crippen molar-refractivity contribution < 1.29 is 0 Å². The van der Waals surface area contributed by atoms with Gasteiger partial charge in [0.1, 0.15) is 12.5 Å². The van der Waals surface area contributed by atoms with Crippen LogP contribution in [-0.2, 0) is 0 Å². The van der Waals surface area contributed by atoms with Gasteiger partial charge < -0.3 is 10.2 Å². The average molecular weight is 320 g/mol. The number of nitrogens with zero attached hydrogens (tertiary/aromatic N) is 4. The third kappa shape index (κ3) is 2.31. The zero-order chi connectivity index (χ0) is 13.2. The van der Waals surface area contributed by atoms with E-state index in [-0.39, 0.29) is 0 Å². The Morgan fingerprint density at radius 3 is 2.84 bits per heavy atom. The predicted octanol–water partition coefficient (Wildman–Crippen LogP) is -0.206. The first-order valence-corrected chi connectivity index (χ1v) is 7.06. The molecule has 0 amide bonds. The Morgan fingerprint density at radius 2 is 2.11 bits per heavy atom. The quantitative estimate of drug-likeness (QED) is 0.728. The van der Waals surface area contributed by atoms with Crippen molar-refractivity contribution in [3.63, 3.8) is 0 Å². The van der Waals surface area contributed by atoms with Gasteiger partial charge in [0, 0.05) is 35.9 Å². The van der Waals surface area contributed by atoms with E-state index < -0.39 is 0 Å². The summed E-state index contributed by atoms with van der Waals surface area (Å²) >= 11 is 3.50. The maximum atomic E-state index is 9.33. The van der Waals surface area contributed by atoms with Crippen molar-refractivity contribution >= 4 is 21.8 Å². The normalized spacial score (nSPS) is 18.6. The van der Waals surface area contributed by atoms with E-state index in [1.54, 1.807) is 4.90 Å². The molecule has 2 heterocycles. The molecule has 1 aromatic carbocycles. The van der Waals surface area contributed by atoms with Gasteiger partial charge in [0.05, 0.1) is 5.36 Å². The van der Waals surface area contributed by atoms with Gasteiger partial charge in [-0.25, -0.2) is 4.90 Å². The van der Waals surface area contributed by atoms with Gasteiger partial charge in [0.25, 0.3) is 0 Å². The van der Waals surface area contributed by atoms with Gasteiger partial charge >= 0.3 is 0 Å². The number of nitrogens with one attached hydrogen (secondary N) is 1. The molecule has 0 spiro atoms. The maximum absolute atomic E-state index is 9.33. The van der Waals surface area contributed by atoms with Crippen molar-refractivity contribution in [3.8, 4) is 6.19 Å². The Bertz CT molecular complexity index is 642. The monoisotopic (exact) mass is 319 g/mol. The Balaban J connectivity index is 2.20. The van der Waals surface area contributed by atoms with E-state index in [1.165, 1.54) is 0 Å². The van der Waals surface area contributed by atoms with Crippen molar-refractivity contribution in [1.82, 2.24) is 15.1 Å². The number of benzene rings is 1. The molecule has 2 aliphatic rings. The number of fused-ring (bicyclic) bond motifs is 1. The van der Waals surface area contributed by atoms with Crippen molar-refractivity contribution in [1.29, 1.82) is 5.26 Å². The van der Waals surface area contributed by atoms with Crippen LogP contribution in [0.4, 0.5) is 0 Å². The van der Waals surface area contributed by atoms with Crippen molar-refractivity contribution in [2.24, 2.45) is 4.99 Å². The molecular weight excluding hydrogens is 306 g/mol. The number of halogens is 1. The van der Waals surface area contributed by atoms with Crippen LogP contribution in [0, 0.1) is 11.5 Å². The Labute approximate surface area is 120 Å². The minimum Gasteiger partial charge on any atom is -0.354 e. The van der Waals surface area contributed by atoms with Crippen LogP contribution in [0.1, 0.15) is 0 Å². The van der Waals surface area contributed by atoms with Crippen molar-refractivity contribution in [3.05, 3.63) is 33.2 Å². The molecule has 0 unspecified atom stereocenters.